The van der Waals surface area contributed by atoms with Crippen LogP contribution in [0, 0.1) is 0 Å². The summed E-state index contributed by atoms with van der Waals surface area (Å²) in [5.41, 5.74) is 1.60. The molecular weight excluding hydrogens is 450 g/mol. The van der Waals surface area contributed by atoms with E-state index >= 15 is 0 Å². The Morgan fingerprint density at radius 3 is 2.44 bits per heavy atom. The van der Waals surface area contributed by atoms with Crippen molar-refractivity contribution in [3.63, 3.8) is 0 Å². The maximum atomic E-state index is 14.0. The molecule has 2 aliphatic rings. The maximum absolute atomic E-state index is 14.0. The van der Waals surface area contributed by atoms with Gasteiger partial charge in [-0.05, 0) is 56.5 Å². The number of aromatic nitrogens is 1. The fourth-order valence-corrected chi connectivity index (χ4v) is 5.74. The third-order valence-corrected chi connectivity index (χ3v) is 7.84. The van der Waals surface area contributed by atoms with Crippen LogP contribution in [0.1, 0.15) is 74.8 Å². The first-order valence-corrected chi connectivity index (χ1v) is 13.4. The van der Waals surface area contributed by atoms with Crippen LogP contribution >= 0.6 is 0 Å². The molecule has 1 fully saturated rings. The average molecular weight is 488 g/mol. The normalized spacial score (nSPS) is 21.1. The number of benzene rings is 2. The second-order valence-corrected chi connectivity index (χ2v) is 10.4. The first-order valence-electron chi connectivity index (χ1n) is 13.4. The monoisotopic (exact) mass is 487 g/mol. The topological polar surface area (TPSA) is 63.6 Å². The Morgan fingerprint density at radius 1 is 1.03 bits per heavy atom. The number of carbonyl (C=O) groups is 2. The van der Waals surface area contributed by atoms with E-state index in [1.165, 1.54) is 19.3 Å². The predicted octanol–water partition coefficient (Wildman–Crippen LogP) is 5.68. The highest BCUT2D eigenvalue weighted by molar-refractivity contribution is 6.03. The van der Waals surface area contributed by atoms with Crippen LogP contribution in [0.5, 0.6) is 5.75 Å². The van der Waals surface area contributed by atoms with Crippen molar-refractivity contribution in [2.75, 3.05) is 6.61 Å². The summed E-state index contributed by atoms with van der Waals surface area (Å²) in [5.74, 6) is 0.633. The van der Waals surface area contributed by atoms with Gasteiger partial charge in [-0.15, -0.1) is 0 Å². The zero-order valence-electron chi connectivity index (χ0n) is 21.5. The molecule has 1 unspecified atom stereocenters. The van der Waals surface area contributed by atoms with E-state index in [0.29, 0.717) is 25.4 Å². The second-order valence-electron chi connectivity index (χ2n) is 10.4. The molecule has 1 aliphatic heterocycles. The van der Waals surface area contributed by atoms with Gasteiger partial charge < -0.3 is 19.5 Å². The fraction of sp³-hybridized carbons (Fsp3) is 0.467. The van der Waals surface area contributed by atoms with Gasteiger partial charge in [0.25, 0.3) is 5.91 Å². The third kappa shape index (κ3) is 4.73. The Balaban J connectivity index is 1.48. The summed E-state index contributed by atoms with van der Waals surface area (Å²) >= 11 is 0. The molecule has 36 heavy (non-hydrogen) atoms. The number of hydrogen-bond donors (Lipinski definition) is 1. The molecule has 1 saturated carbocycles. The summed E-state index contributed by atoms with van der Waals surface area (Å²) in [6.07, 6.45) is 8.03. The highest BCUT2D eigenvalue weighted by atomic mass is 16.5. The van der Waals surface area contributed by atoms with E-state index in [1.54, 1.807) is 4.90 Å². The summed E-state index contributed by atoms with van der Waals surface area (Å²) in [6, 6.07) is 18.0. The molecule has 6 nitrogen and oxygen atoms in total. The highest BCUT2D eigenvalue weighted by Crippen LogP contribution is 2.34. The van der Waals surface area contributed by atoms with E-state index in [4.69, 9.17) is 4.74 Å². The fourth-order valence-electron chi connectivity index (χ4n) is 5.74. The van der Waals surface area contributed by atoms with Gasteiger partial charge >= 0.3 is 0 Å². The molecule has 6 heteroatoms. The summed E-state index contributed by atoms with van der Waals surface area (Å²) < 4.78 is 7.62. The molecule has 1 aromatic heterocycles. The van der Waals surface area contributed by atoms with E-state index in [1.807, 2.05) is 73.0 Å². The zero-order valence-corrected chi connectivity index (χ0v) is 21.5. The number of nitrogens with zero attached hydrogens (tertiary/aromatic N) is 2. The average Bonchev–Trinajstić information content (AvgIpc) is 3.23. The maximum Gasteiger partial charge on any atom is 0.271 e. The van der Waals surface area contributed by atoms with Crippen LogP contribution in [0.4, 0.5) is 0 Å². The first-order chi connectivity index (χ1) is 17.5. The standard InChI is InChI=1S/C30H37N3O3/c1-3-36-25-17-15-22(16-18-25)20-33-28(34)27-19-23-11-9-10-14-26(23)32(27)21-30(33,2)29(35)31-24-12-7-5-4-6-8-13-24/h9-11,14-19,24H,3-8,12-13,20-21H2,1-2H3,(H,31,35). The number of rotatable bonds is 6. The van der Waals surface area contributed by atoms with Crippen molar-refractivity contribution in [1.82, 2.24) is 14.8 Å². The van der Waals surface area contributed by atoms with E-state index in [-0.39, 0.29) is 17.9 Å². The molecule has 2 aromatic carbocycles. The SMILES string of the molecule is CCOc1ccc(CN2C(=O)c3cc4ccccc4n3CC2(C)C(=O)NC2CCCCCCC2)cc1. The van der Waals surface area contributed by atoms with E-state index < -0.39 is 5.54 Å². The van der Waals surface area contributed by atoms with Gasteiger partial charge in [0.15, 0.2) is 0 Å². The van der Waals surface area contributed by atoms with Gasteiger partial charge in [-0.3, -0.25) is 9.59 Å². The van der Waals surface area contributed by atoms with Crippen LogP contribution in [-0.4, -0.2) is 39.5 Å². The van der Waals surface area contributed by atoms with Gasteiger partial charge in [0, 0.05) is 23.5 Å². The third-order valence-electron chi connectivity index (χ3n) is 7.84. The number of carbonyl (C=O) groups excluding carboxylic acids is 2. The number of amides is 2. The molecule has 5 rings (SSSR count). The van der Waals surface area contributed by atoms with Crippen LogP contribution in [0.25, 0.3) is 10.9 Å². The molecule has 1 N–H and O–H groups in total. The molecule has 190 valence electrons. The lowest BCUT2D eigenvalue weighted by Crippen LogP contribution is -2.64. The lowest BCUT2D eigenvalue weighted by molar-refractivity contribution is -0.134. The van der Waals surface area contributed by atoms with Gasteiger partial charge in [-0.2, -0.15) is 0 Å². The smallest absolute Gasteiger partial charge is 0.271 e. The van der Waals surface area contributed by atoms with Crippen LogP contribution in [-0.2, 0) is 17.9 Å². The van der Waals surface area contributed by atoms with Crippen molar-refractivity contribution in [3.05, 3.63) is 65.9 Å². The van der Waals surface area contributed by atoms with Gasteiger partial charge in [0.1, 0.15) is 17.0 Å². The predicted molar refractivity (Wildman–Crippen MR) is 142 cm³/mol. The van der Waals surface area contributed by atoms with Gasteiger partial charge in [-0.1, -0.05) is 62.4 Å². The molecule has 3 aromatic rings. The Bertz CT molecular complexity index is 1220. The van der Waals surface area contributed by atoms with Crippen LogP contribution in [0.2, 0.25) is 0 Å². The molecule has 0 bridgehead atoms. The Hall–Kier alpha value is -3.28. The molecule has 1 aliphatic carbocycles. The molecule has 0 radical (unpaired) electrons. The van der Waals surface area contributed by atoms with E-state index in [2.05, 4.69) is 5.32 Å². The molecule has 0 saturated heterocycles. The minimum Gasteiger partial charge on any atom is -0.494 e. The number of hydrogen-bond acceptors (Lipinski definition) is 3. The van der Waals surface area contributed by atoms with Crippen LogP contribution < -0.4 is 10.1 Å². The van der Waals surface area contributed by atoms with Crippen molar-refractivity contribution in [2.45, 2.75) is 83.5 Å². The van der Waals surface area contributed by atoms with Crippen molar-refractivity contribution in [3.8, 4) is 5.75 Å². The minimum absolute atomic E-state index is 0.0595. The van der Waals surface area contributed by atoms with Gasteiger partial charge in [-0.25, -0.2) is 0 Å². The summed E-state index contributed by atoms with van der Waals surface area (Å²) in [7, 11) is 0. The number of para-hydroxylation sites is 1. The number of nitrogens with one attached hydrogen (secondary N) is 1. The van der Waals surface area contributed by atoms with E-state index in [9.17, 15) is 9.59 Å². The largest absolute Gasteiger partial charge is 0.494 e. The Kier molecular flexibility index (Phi) is 7.04. The zero-order chi connectivity index (χ0) is 25.1. The Morgan fingerprint density at radius 2 is 1.72 bits per heavy atom. The van der Waals surface area contributed by atoms with Crippen molar-refractivity contribution in [1.29, 1.82) is 0 Å². The molecule has 1 atom stereocenters. The lowest BCUT2D eigenvalue weighted by atomic mass is 9.91. The molecule has 2 heterocycles. The van der Waals surface area contributed by atoms with Crippen LogP contribution in [0.15, 0.2) is 54.6 Å². The molecule has 2 amide bonds. The van der Waals surface area contributed by atoms with Crippen LogP contribution in [0.3, 0.4) is 0 Å². The van der Waals surface area contributed by atoms with Crippen molar-refractivity contribution >= 4 is 22.7 Å². The van der Waals surface area contributed by atoms with E-state index in [0.717, 1.165) is 47.9 Å². The van der Waals surface area contributed by atoms with Crippen molar-refractivity contribution in [2.24, 2.45) is 0 Å². The van der Waals surface area contributed by atoms with Gasteiger partial charge in [0.2, 0.25) is 5.91 Å². The van der Waals surface area contributed by atoms with Crippen molar-refractivity contribution < 1.29 is 14.3 Å². The summed E-state index contributed by atoms with van der Waals surface area (Å²) in [5, 5.41) is 4.38. The number of ether oxygens (including phenoxy) is 1. The first kappa shape index (κ1) is 24.4. The summed E-state index contributed by atoms with van der Waals surface area (Å²) in [4.78, 5) is 29.7. The highest BCUT2D eigenvalue weighted by Gasteiger charge is 2.48. The summed E-state index contributed by atoms with van der Waals surface area (Å²) in [6.45, 7) is 5.28. The Labute approximate surface area is 213 Å². The minimum atomic E-state index is -1.01. The number of fused-ring (bicyclic) bond motifs is 3. The van der Waals surface area contributed by atoms with Gasteiger partial charge in [0.05, 0.1) is 13.2 Å². The lowest BCUT2D eigenvalue weighted by Gasteiger charge is -2.44. The molecular formula is C30H37N3O3. The second kappa shape index (κ2) is 10.4. The molecule has 0 spiro atoms. The quantitative estimate of drug-likeness (QED) is 0.486.